The monoisotopic (exact) mass is 663 g/mol. The molecule has 11 nitrogen and oxygen atoms in total. The number of likely N-dealkylation sites (tertiary alicyclic amines) is 1. The van der Waals surface area contributed by atoms with Crippen molar-refractivity contribution in [2.45, 2.75) is 70.9 Å². The Balaban J connectivity index is 1.31. The molecular weight excluding hydrogens is 628 g/mol. The minimum atomic E-state index is -0.797. The number of benzene rings is 1. The van der Waals surface area contributed by atoms with Gasteiger partial charge in [-0.05, 0) is 57.7 Å². The van der Waals surface area contributed by atoms with Gasteiger partial charge in [-0.1, -0.05) is 0 Å². The van der Waals surface area contributed by atoms with Crippen LogP contribution in [0, 0.1) is 23.0 Å². The van der Waals surface area contributed by atoms with Crippen LogP contribution in [0.15, 0.2) is 12.4 Å². The third-order valence-electron chi connectivity index (χ3n) is 9.02. The Hall–Kier alpha value is -4.03. The first-order chi connectivity index (χ1) is 22.6. The lowest BCUT2D eigenvalue weighted by Gasteiger charge is -2.30. The number of hydrogen-bond acceptors (Lipinski definition) is 11. The summed E-state index contributed by atoms with van der Waals surface area (Å²) < 4.78 is 48.8. The number of aromatic nitrogens is 3. The van der Waals surface area contributed by atoms with Gasteiger partial charge in [-0.2, -0.15) is 5.26 Å². The lowest BCUT2D eigenvalue weighted by atomic mass is 9.94. The van der Waals surface area contributed by atoms with Gasteiger partial charge in [0, 0.05) is 54.8 Å². The third kappa shape index (κ3) is 5.65. The van der Waals surface area contributed by atoms with Gasteiger partial charge in [-0.15, -0.1) is 11.3 Å². The van der Waals surface area contributed by atoms with Crippen LogP contribution in [0.2, 0.25) is 0 Å². The molecule has 246 valence electrons. The maximum atomic E-state index is 16.9. The number of hydrogen-bond donors (Lipinski definition) is 1. The molecule has 0 bridgehead atoms. The summed E-state index contributed by atoms with van der Waals surface area (Å²) in [7, 11) is 1.73. The fourth-order valence-electron chi connectivity index (χ4n) is 7.06. The van der Waals surface area contributed by atoms with Crippen molar-refractivity contribution in [2.75, 3.05) is 43.6 Å². The number of thiophene rings is 1. The Morgan fingerprint density at radius 1 is 1.19 bits per heavy atom. The van der Waals surface area contributed by atoms with E-state index >= 15 is 8.78 Å². The van der Waals surface area contributed by atoms with Gasteiger partial charge >= 0.3 is 6.09 Å². The van der Waals surface area contributed by atoms with E-state index in [1.807, 2.05) is 0 Å². The van der Waals surface area contributed by atoms with Crippen LogP contribution in [0.5, 0.6) is 0 Å². The van der Waals surface area contributed by atoms with Gasteiger partial charge in [0.1, 0.15) is 22.2 Å². The second-order valence-electron chi connectivity index (χ2n) is 13.2. The van der Waals surface area contributed by atoms with E-state index < -0.39 is 23.3 Å². The molecule has 0 spiro atoms. The quantitative estimate of drug-likeness (QED) is 0.258. The molecule has 4 aromatic rings. The maximum Gasteiger partial charge on any atom is 0.412 e. The third-order valence-corrected chi connectivity index (χ3v) is 10.1. The normalized spacial score (nSPS) is 19.9. The van der Waals surface area contributed by atoms with Gasteiger partial charge in [0.15, 0.2) is 11.6 Å². The van der Waals surface area contributed by atoms with Crippen LogP contribution >= 0.6 is 11.3 Å². The molecule has 6 heterocycles. The summed E-state index contributed by atoms with van der Waals surface area (Å²) in [4.78, 5) is 31.0. The number of carbonyl (C=O) groups is 1. The van der Waals surface area contributed by atoms with Crippen molar-refractivity contribution >= 4 is 49.4 Å². The van der Waals surface area contributed by atoms with Gasteiger partial charge in [-0.25, -0.2) is 23.5 Å². The topological polar surface area (TPSA) is 126 Å². The summed E-state index contributed by atoms with van der Waals surface area (Å²) in [5, 5.41) is 13.5. The summed E-state index contributed by atoms with van der Waals surface area (Å²) >= 11 is 0.867. The number of nitriles is 1. The number of halogens is 2. The molecule has 14 heteroatoms. The largest absolute Gasteiger partial charge is 0.444 e. The fourth-order valence-corrected chi connectivity index (χ4v) is 8.10. The Morgan fingerprint density at radius 3 is 2.77 bits per heavy atom. The highest BCUT2D eigenvalue weighted by Gasteiger charge is 2.36. The summed E-state index contributed by atoms with van der Waals surface area (Å²) in [5.74, 6) is -0.920. The molecular formula is C33H35F2N7O4S. The number of fused-ring (bicyclic) bond motifs is 4. The number of nitrogens with zero attached hydrogens (tertiary/aromatic N) is 6. The smallest absolute Gasteiger partial charge is 0.412 e. The minimum absolute atomic E-state index is 0.0369. The van der Waals surface area contributed by atoms with E-state index in [1.165, 1.54) is 0 Å². The average molecular weight is 664 g/mol. The van der Waals surface area contributed by atoms with Crippen molar-refractivity contribution in [1.29, 1.82) is 5.26 Å². The lowest BCUT2D eigenvalue weighted by Crippen LogP contribution is -2.42. The van der Waals surface area contributed by atoms with Crippen LogP contribution < -0.4 is 10.2 Å². The second kappa shape index (κ2) is 12.2. The second-order valence-corrected chi connectivity index (χ2v) is 14.2. The summed E-state index contributed by atoms with van der Waals surface area (Å²) in [6.07, 6.45) is 5.05. The predicted molar refractivity (Wildman–Crippen MR) is 173 cm³/mol. The number of anilines is 2. The van der Waals surface area contributed by atoms with Crippen LogP contribution in [0.3, 0.4) is 0 Å². The molecule has 1 amide bonds. The van der Waals surface area contributed by atoms with Crippen LogP contribution in [-0.4, -0.2) is 77.0 Å². The van der Waals surface area contributed by atoms with E-state index in [4.69, 9.17) is 19.2 Å². The molecule has 0 radical (unpaired) electrons. The van der Waals surface area contributed by atoms with Crippen molar-refractivity contribution < 1.29 is 27.8 Å². The molecule has 3 aliphatic rings. The summed E-state index contributed by atoms with van der Waals surface area (Å²) in [6.45, 7) is 8.62. The zero-order valence-electron chi connectivity index (χ0n) is 26.7. The molecule has 3 aliphatic heterocycles. The Morgan fingerprint density at radius 2 is 2.00 bits per heavy atom. The van der Waals surface area contributed by atoms with Crippen molar-refractivity contribution in [1.82, 2.24) is 19.9 Å². The van der Waals surface area contributed by atoms with E-state index in [-0.39, 0.29) is 50.6 Å². The van der Waals surface area contributed by atoms with Crippen molar-refractivity contribution in [3.05, 3.63) is 40.7 Å². The van der Waals surface area contributed by atoms with Gasteiger partial charge in [0.25, 0.3) is 0 Å². The Kier molecular flexibility index (Phi) is 8.20. The molecule has 2 saturated heterocycles. The standard InChI is InChI=1S/C33H35F2N7O4S/c1-33(2,3)46-32(43)40-30-19(10-36)25-28(37-12-23(34)29(25)47-30)24-22-16-45-15-21(22)20-11-38-31(39-27(20)26(24)35)41-9-7-17(13-41)42-8-5-6-18(42)14-44-4/h11-12,17-18H,5-9,13-16H2,1-4H3,(H,40,43)/t17-,18+/m1/s1. The number of carbonyl (C=O) groups excluding carboxylic acids is 1. The number of amides is 1. The molecule has 0 saturated carbocycles. The minimum Gasteiger partial charge on any atom is -0.444 e. The van der Waals surface area contributed by atoms with Gasteiger partial charge < -0.3 is 19.1 Å². The zero-order valence-corrected chi connectivity index (χ0v) is 27.5. The van der Waals surface area contributed by atoms with E-state index in [0.717, 1.165) is 62.0 Å². The zero-order chi connectivity index (χ0) is 33.0. The number of pyridine rings is 1. The van der Waals surface area contributed by atoms with E-state index in [1.54, 1.807) is 34.1 Å². The molecule has 1 aromatic carbocycles. The lowest BCUT2D eigenvalue weighted by molar-refractivity contribution is 0.0636. The highest BCUT2D eigenvalue weighted by atomic mass is 32.1. The van der Waals surface area contributed by atoms with Gasteiger partial charge in [-0.3, -0.25) is 15.2 Å². The number of methoxy groups -OCH3 is 1. The van der Waals surface area contributed by atoms with Crippen molar-refractivity contribution in [2.24, 2.45) is 0 Å². The first-order valence-corrected chi connectivity index (χ1v) is 16.5. The molecule has 1 N–H and O–H groups in total. The van der Waals surface area contributed by atoms with Crippen molar-refractivity contribution in [3.8, 4) is 17.3 Å². The highest BCUT2D eigenvalue weighted by molar-refractivity contribution is 7.23. The molecule has 0 unspecified atom stereocenters. The fraction of sp³-hybridized carbons (Fsp3) is 0.485. The molecule has 3 aromatic heterocycles. The van der Waals surface area contributed by atoms with Gasteiger partial charge in [0.05, 0.1) is 42.0 Å². The molecule has 7 rings (SSSR count). The van der Waals surface area contributed by atoms with Crippen LogP contribution in [0.4, 0.5) is 24.5 Å². The van der Waals surface area contributed by atoms with Gasteiger partial charge in [0.2, 0.25) is 5.95 Å². The van der Waals surface area contributed by atoms with E-state index in [9.17, 15) is 10.1 Å². The van der Waals surface area contributed by atoms with Crippen LogP contribution in [0.25, 0.3) is 32.2 Å². The number of nitrogens with one attached hydrogen (secondary N) is 1. The first kappa shape index (κ1) is 31.6. The molecule has 0 aliphatic carbocycles. The summed E-state index contributed by atoms with van der Waals surface area (Å²) in [5.41, 5.74) is 0.715. The Labute approximate surface area is 274 Å². The summed E-state index contributed by atoms with van der Waals surface area (Å²) in [6, 6.07) is 2.79. The molecule has 2 atom stereocenters. The highest BCUT2D eigenvalue weighted by Crippen LogP contribution is 2.46. The first-order valence-electron chi connectivity index (χ1n) is 15.7. The van der Waals surface area contributed by atoms with Crippen LogP contribution in [-0.2, 0) is 27.4 Å². The SMILES string of the molecule is COC[C@@H]1CCCN1[C@@H]1CCN(c2ncc3c4c(c(-c5ncc(F)c6sc(NC(=O)OC(C)(C)C)c(C#N)c56)c(F)c3n2)COC4)C1. The van der Waals surface area contributed by atoms with E-state index in [2.05, 4.69) is 31.2 Å². The number of ether oxygens (including phenoxy) is 3. The Bertz CT molecular complexity index is 1940. The average Bonchev–Trinajstić information content (AvgIpc) is 3.83. The molecule has 47 heavy (non-hydrogen) atoms. The van der Waals surface area contributed by atoms with E-state index in [0.29, 0.717) is 35.6 Å². The van der Waals surface area contributed by atoms with Crippen molar-refractivity contribution in [3.63, 3.8) is 0 Å². The number of rotatable bonds is 6. The predicted octanol–water partition coefficient (Wildman–Crippen LogP) is 6.12. The maximum absolute atomic E-state index is 16.9. The van der Waals surface area contributed by atoms with Crippen LogP contribution in [0.1, 0.15) is 56.7 Å². The molecule has 2 fully saturated rings.